The summed E-state index contributed by atoms with van der Waals surface area (Å²) in [6.07, 6.45) is -1.53. The zero-order chi connectivity index (χ0) is 18.0. The molecular formula is C18H21F3N2O2. The van der Waals surface area contributed by atoms with Gasteiger partial charge in [-0.15, -0.1) is 0 Å². The third-order valence-corrected chi connectivity index (χ3v) is 4.97. The predicted octanol–water partition coefficient (Wildman–Crippen LogP) is 2.63. The van der Waals surface area contributed by atoms with Crippen molar-refractivity contribution in [1.29, 1.82) is 0 Å². The zero-order valence-electron chi connectivity index (χ0n) is 13.8. The molecule has 2 amide bonds. The lowest BCUT2D eigenvalue weighted by atomic mass is 9.83. The monoisotopic (exact) mass is 354 g/mol. The number of nitrogens with one attached hydrogen (secondary N) is 1. The van der Waals surface area contributed by atoms with Gasteiger partial charge in [0.05, 0.1) is 5.92 Å². The number of hydrogen-bond acceptors (Lipinski definition) is 2. The first kappa shape index (κ1) is 17.8. The Hall–Kier alpha value is -2.05. The molecule has 1 aromatic carbocycles. The van der Waals surface area contributed by atoms with Crippen molar-refractivity contribution in [3.63, 3.8) is 0 Å². The van der Waals surface area contributed by atoms with Gasteiger partial charge < -0.3 is 10.2 Å². The van der Waals surface area contributed by atoms with Gasteiger partial charge in [0, 0.05) is 25.4 Å². The zero-order valence-corrected chi connectivity index (χ0v) is 13.8. The Bertz CT molecular complexity index is 660. The molecule has 1 heterocycles. The fourth-order valence-electron chi connectivity index (χ4n) is 3.75. The second kappa shape index (κ2) is 7.06. The van der Waals surface area contributed by atoms with Gasteiger partial charge >= 0.3 is 6.18 Å². The highest BCUT2D eigenvalue weighted by atomic mass is 19.4. The van der Waals surface area contributed by atoms with Crippen LogP contribution in [-0.2, 0) is 16.0 Å². The number of benzene rings is 1. The van der Waals surface area contributed by atoms with Crippen LogP contribution >= 0.6 is 0 Å². The van der Waals surface area contributed by atoms with Crippen LogP contribution in [0.5, 0.6) is 0 Å². The normalized spacial score (nSPS) is 23.5. The molecule has 0 spiro atoms. The van der Waals surface area contributed by atoms with Crippen molar-refractivity contribution in [2.75, 3.05) is 19.6 Å². The molecule has 0 bridgehead atoms. The van der Waals surface area contributed by atoms with Gasteiger partial charge in [-0.2, -0.15) is 13.2 Å². The lowest BCUT2D eigenvalue weighted by Gasteiger charge is -2.26. The van der Waals surface area contributed by atoms with E-state index >= 15 is 0 Å². The average Bonchev–Trinajstić information content (AvgIpc) is 2.91. The third kappa shape index (κ3) is 4.32. The Morgan fingerprint density at radius 3 is 2.80 bits per heavy atom. The Kier molecular flexibility index (Phi) is 5.01. The molecule has 1 fully saturated rings. The van der Waals surface area contributed by atoms with Crippen LogP contribution in [0.25, 0.3) is 0 Å². The lowest BCUT2D eigenvalue weighted by molar-refractivity contribution is -0.157. The van der Waals surface area contributed by atoms with Crippen LogP contribution in [0.2, 0.25) is 0 Å². The van der Waals surface area contributed by atoms with Crippen LogP contribution in [0.4, 0.5) is 13.2 Å². The molecule has 1 N–H and O–H groups in total. The SMILES string of the molecule is O=C(NC[C@H]1CCCc2ccccc21)[C@@H]1CC(=O)N(CC(F)(F)F)C1. The smallest absolute Gasteiger partial charge is 0.355 e. The Morgan fingerprint density at radius 1 is 1.28 bits per heavy atom. The van der Waals surface area contributed by atoms with Crippen LogP contribution in [0.3, 0.4) is 0 Å². The van der Waals surface area contributed by atoms with Gasteiger partial charge in [0.15, 0.2) is 0 Å². The first-order valence-corrected chi connectivity index (χ1v) is 8.53. The van der Waals surface area contributed by atoms with Crippen molar-refractivity contribution in [3.05, 3.63) is 35.4 Å². The van der Waals surface area contributed by atoms with E-state index < -0.39 is 24.5 Å². The second-order valence-corrected chi connectivity index (χ2v) is 6.82. The lowest BCUT2D eigenvalue weighted by Crippen LogP contribution is -2.38. The van der Waals surface area contributed by atoms with Gasteiger partial charge in [-0.3, -0.25) is 9.59 Å². The number of fused-ring (bicyclic) bond motifs is 1. The fraction of sp³-hybridized carbons (Fsp3) is 0.556. The number of likely N-dealkylation sites (tertiary alicyclic amines) is 1. The fourth-order valence-corrected chi connectivity index (χ4v) is 3.75. The van der Waals surface area contributed by atoms with Crippen LogP contribution < -0.4 is 5.32 Å². The van der Waals surface area contributed by atoms with Gasteiger partial charge in [-0.25, -0.2) is 0 Å². The first-order valence-electron chi connectivity index (χ1n) is 8.53. The van der Waals surface area contributed by atoms with Crippen LogP contribution in [0.15, 0.2) is 24.3 Å². The number of amides is 2. The highest BCUT2D eigenvalue weighted by Gasteiger charge is 2.40. The number of alkyl halides is 3. The van der Waals surface area contributed by atoms with E-state index in [0.29, 0.717) is 6.54 Å². The molecule has 1 saturated heterocycles. The summed E-state index contributed by atoms with van der Waals surface area (Å²) in [5, 5.41) is 2.84. The molecular weight excluding hydrogens is 333 g/mol. The number of hydrogen-bond donors (Lipinski definition) is 1. The van der Waals surface area contributed by atoms with Crippen molar-refractivity contribution in [2.45, 2.75) is 37.8 Å². The van der Waals surface area contributed by atoms with E-state index in [9.17, 15) is 22.8 Å². The number of halogens is 3. The van der Waals surface area contributed by atoms with Gasteiger partial charge in [-0.05, 0) is 30.4 Å². The molecule has 4 nitrogen and oxygen atoms in total. The minimum absolute atomic E-state index is 0.150. The minimum Gasteiger partial charge on any atom is -0.355 e. The van der Waals surface area contributed by atoms with Crippen LogP contribution in [-0.4, -0.2) is 42.5 Å². The number of aryl methyl sites for hydroxylation is 1. The molecule has 7 heteroatoms. The van der Waals surface area contributed by atoms with Crippen LogP contribution in [0, 0.1) is 5.92 Å². The van der Waals surface area contributed by atoms with Gasteiger partial charge in [0.2, 0.25) is 11.8 Å². The molecule has 2 atom stereocenters. The average molecular weight is 354 g/mol. The quantitative estimate of drug-likeness (QED) is 0.904. The van der Waals surface area contributed by atoms with Crippen molar-refractivity contribution in [2.24, 2.45) is 5.92 Å². The Balaban J connectivity index is 1.55. The minimum atomic E-state index is -4.44. The standard InChI is InChI=1S/C18H21F3N2O2/c19-18(20,21)11-23-10-14(8-16(23)24)17(25)22-9-13-6-3-5-12-4-1-2-7-15(12)13/h1-2,4,7,13-14H,3,5-6,8-11H2,(H,22,25)/t13-,14-/m1/s1. The summed E-state index contributed by atoms with van der Waals surface area (Å²) in [6.45, 7) is -0.989. The summed E-state index contributed by atoms with van der Waals surface area (Å²) in [6, 6.07) is 8.13. The summed E-state index contributed by atoms with van der Waals surface area (Å²) < 4.78 is 37.3. The highest BCUT2D eigenvalue weighted by Crippen LogP contribution is 2.31. The van der Waals surface area contributed by atoms with Crippen molar-refractivity contribution >= 4 is 11.8 Å². The van der Waals surface area contributed by atoms with Gasteiger partial charge in [-0.1, -0.05) is 24.3 Å². The maximum absolute atomic E-state index is 12.4. The van der Waals surface area contributed by atoms with E-state index in [-0.39, 0.29) is 24.8 Å². The molecule has 0 aromatic heterocycles. The van der Waals surface area contributed by atoms with E-state index in [4.69, 9.17) is 0 Å². The van der Waals surface area contributed by atoms with Crippen LogP contribution in [0.1, 0.15) is 36.3 Å². The molecule has 3 rings (SSSR count). The van der Waals surface area contributed by atoms with E-state index in [0.717, 1.165) is 24.2 Å². The molecule has 1 aromatic rings. The molecule has 0 saturated carbocycles. The molecule has 25 heavy (non-hydrogen) atoms. The molecule has 1 aliphatic carbocycles. The highest BCUT2D eigenvalue weighted by molar-refractivity contribution is 5.89. The molecule has 2 aliphatic rings. The Labute approximate surface area is 144 Å². The van der Waals surface area contributed by atoms with E-state index in [1.165, 1.54) is 11.1 Å². The third-order valence-electron chi connectivity index (χ3n) is 4.97. The van der Waals surface area contributed by atoms with E-state index in [1.54, 1.807) is 0 Å². The van der Waals surface area contributed by atoms with Crippen molar-refractivity contribution in [1.82, 2.24) is 10.2 Å². The summed E-state index contributed by atoms with van der Waals surface area (Å²) in [4.78, 5) is 24.7. The largest absolute Gasteiger partial charge is 0.406 e. The summed E-state index contributed by atoms with van der Waals surface area (Å²) >= 11 is 0. The Morgan fingerprint density at radius 2 is 2.04 bits per heavy atom. The number of nitrogens with zero attached hydrogens (tertiary/aromatic N) is 1. The second-order valence-electron chi connectivity index (χ2n) is 6.82. The van der Waals surface area contributed by atoms with Crippen molar-refractivity contribution in [3.8, 4) is 0 Å². The maximum Gasteiger partial charge on any atom is 0.406 e. The summed E-state index contributed by atoms with van der Waals surface area (Å²) in [7, 11) is 0. The van der Waals surface area contributed by atoms with Gasteiger partial charge in [0.1, 0.15) is 6.54 Å². The summed E-state index contributed by atoms with van der Waals surface area (Å²) in [5.41, 5.74) is 2.52. The molecule has 1 aliphatic heterocycles. The van der Waals surface area contributed by atoms with E-state index in [2.05, 4.69) is 17.4 Å². The predicted molar refractivity (Wildman–Crippen MR) is 85.9 cm³/mol. The van der Waals surface area contributed by atoms with E-state index in [1.807, 2.05) is 12.1 Å². The number of rotatable bonds is 4. The van der Waals surface area contributed by atoms with Crippen molar-refractivity contribution < 1.29 is 22.8 Å². The number of carbonyl (C=O) groups excluding carboxylic acids is 2. The number of carbonyl (C=O) groups is 2. The van der Waals surface area contributed by atoms with Gasteiger partial charge in [0.25, 0.3) is 0 Å². The molecule has 0 unspecified atom stereocenters. The maximum atomic E-state index is 12.4. The summed E-state index contributed by atoms with van der Waals surface area (Å²) in [5.74, 6) is -1.42. The first-order chi connectivity index (χ1) is 11.8. The topological polar surface area (TPSA) is 49.4 Å². The molecule has 0 radical (unpaired) electrons. The molecule has 136 valence electrons.